The molecule has 0 aliphatic carbocycles. The summed E-state index contributed by atoms with van der Waals surface area (Å²) < 4.78 is 6.63. The quantitative estimate of drug-likeness (QED) is 0.726. The van der Waals surface area contributed by atoms with Crippen LogP contribution in [0, 0.1) is 0 Å². The van der Waals surface area contributed by atoms with E-state index in [1.165, 1.54) is 0 Å². The first-order chi connectivity index (χ1) is 7.19. The van der Waals surface area contributed by atoms with E-state index in [-0.39, 0.29) is 6.42 Å². The number of hydrogen-bond acceptors (Lipinski definition) is 4. The Hall–Kier alpha value is -1.43. The van der Waals surface area contributed by atoms with Gasteiger partial charge in [0.05, 0.1) is 31.0 Å². The molecule has 0 aliphatic rings. The minimum absolute atomic E-state index is 0.0733. The number of aliphatic carboxylic acids is 1. The lowest BCUT2D eigenvalue weighted by Crippen LogP contribution is -2.10. The van der Waals surface area contributed by atoms with Gasteiger partial charge >= 0.3 is 5.97 Å². The van der Waals surface area contributed by atoms with Crippen molar-refractivity contribution < 1.29 is 14.6 Å². The van der Waals surface area contributed by atoms with Crippen molar-refractivity contribution in [1.82, 2.24) is 15.0 Å². The zero-order valence-electron chi connectivity index (χ0n) is 8.93. The Morgan fingerprint density at radius 2 is 2.33 bits per heavy atom. The summed E-state index contributed by atoms with van der Waals surface area (Å²) in [6, 6.07) is 0. The smallest absolute Gasteiger partial charge is 0.309 e. The summed E-state index contributed by atoms with van der Waals surface area (Å²) in [5, 5.41) is 16.4. The van der Waals surface area contributed by atoms with Crippen molar-refractivity contribution in [2.24, 2.45) is 0 Å². The van der Waals surface area contributed by atoms with Crippen molar-refractivity contribution in [3.05, 3.63) is 11.4 Å². The van der Waals surface area contributed by atoms with E-state index in [1.54, 1.807) is 11.8 Å². The predicted octanol–water partition coefficient (Wildman–Crippen LogP) is 0.114. The van der Waals surface area contributed by atoms with E-state index in [4.69, 9.17) is 9.84 Å². The van der Waals surface area contributed by atoms with Gasteiger partial charge in [-0.05, 0) is 6.42 Å². The van der Waals surface area contributed by atoms with Crippen molar-refractivity contribution in [3.8, 4) is 0 Å². The molecular formula is C9H15N3O3. The van der Waals surface area contributed by atoms with Crippen molar-refractivity contribution in [2.45, 2.75) is 26.3 Å². The Bertz CT molecular complexity index is 335. The topological polar surface area (TPSA) is 77.2 Å². The molecule has 1 aromatic heterocycles. The highest BCUT2D eigenvalue weighted by Crippen LogP contribution is 2.07. The van der Waals surface area contributed by atoms with Crippen LogP contribution in [0.5, 0.6) is 0 Å². The SMILES string of the molecule is CCc1c(CC(=O)O)nnn1CCOC. The molecule has 1 rings (SSSR count). The van der Waals surface area contributed by atoms with Crippen LogP contribution in [-0.2, 0) is 28.9 Å². The first-order valence-electron chi connectivity index (χ1n) is 4.81. The van der Waals surface area contributed by atoms with Gasteiger partial charge in [0, 0.05) is 7.11 Å². The fourth-order valence-corrected chi connectivity index (χ4v) is 1.39. The first-order valence-corrected chi connectivity index (χ1v) is 4.81. The third kappa shape index (κ3) is 3.02. The lowest BCUT2D eigenvalue weighted by Gasteiger charge is -2.04. The van der Waals surface area contributed by atoms with E-state index in [0.29, 0.717) is 18.8 Å². The molecule has 0 aromatic carbocycles. The summed E-state index contributed by atoms with van der Waals surface area (Å²) in [4.78, 5) is 10.6. The van der Waals surface area contributed by atoms with Crippen molar-refractivity contribution in [3.63, 3.8) is 0 Å². The summed E-state index contributed by atoms with van der Waals surface area (Å²) in [5.74, 6) is -0.886. The number of aromatic nitrogens is 3. The molecule has 0 spiro atoms. The average molecular weight is 213 g/mol. The maximum atomic E-state index is 10.6. The number of nitrogens with zero attached hydrogens (tertiary/aromatic N) is 3. The van der Waals surface area contributed by atoms with E-state index in [0.717, 1.165) is 12.1 Å². The number of rotatable bonds is 6. The number of carbonyl (C=O) groups is 1. The molecule has 0 saturated heterocycles. The number of methoxy groups -OCH3 is 1. The van der Waals surface area contributed by atoms with E-state index in [2.05, 4.69) is 10.3 Å². The maximum absolute atomic E-state index is 10.6. The van der Waals surface area contributed by atoms with E-state index >= 15 is 0 Å². The fraction of sp³-hybridized carbons (Fsp3) is 0.667. The van der Waals surface area contributed by atoms with Gasteiger partial charge in [0.2, 0.25) is 0 Å². The second-order valence-corrected chi connectivity index (χ2v) is 3.12. The zero-order chi connectivity index (χ0) is 11.3. The molecular weight excluding hydrogens is 198 g/mol. The van der Waals surface area contributed by atoms with Gasteiger partial charge in [-0.3, -0.25) is 4.79 Å². The van der Waals surface area contributed by atoms with Crippen LogP contribution in [-0.4, -0.2) is 39.8 Å². The van der Waals surface area contributed by atoms with E-state index in [9.17, 15) is 4.79 Å². The molecule has 6 nitrogen and oxygen atoms in total. The first kappa shape index (κ1) is 11.6. The third-order valence-electron chi connectivity index (χ3n) is 2.08. The summed E-state index contributed by atoms with van der Waals surface area (Å²) in [6.07, 6.45) is 0.648. The highest BCUT2D eigenvalue weighted by molar-refractivity contribution is 5.69. The largest absolute Gasteiger partial charge is 0.481 e. The molecule has 0 atom stereocenters. The molecule has 0 bridgehead atoms. The molecule has 6 heteroatoms. The Labute approximate surface area is 87.9 Å². The van der Waals surface area contributed by atoms with Crippen LogP contribution in [0.25, 0.3) is 0 Å². The number of carboxylic acids is 1. The van der Waals surface area contributed by atoms with E-state index < -0.39 is 5.97 Å². The lowest BCUT2D eigenvalue weighted by atomic mass is 10.2. The van der Waals surface area contributed by atoms with Crippen molar-refractivity contribution in [1.29, 1.82) is 0 Å². The van der Waals surface area contributed by atoms with Gasteiger partial charge in [-0.15, -0.1) is 5.10 Å². The fourth-order valence-electron chi connectivity index (χ4n) is 1.39. The van der Waals surface area contributed by atoms with Gasteiger partial charge in [-0.2, -0.15) is 0 Å². The number of ether oxygens (including phenoxy) is 1. The van der Waals surface area contributed by atoms with Crippen LogP contribution < -0.4 is 0 Å². The molecule has 84 valence electrons. The molecule has 0 saturated carbocycles. The van der Waals surface area contributed by atoms with E-state index in [1.807, 2.05) is 6.92 Å². The molecule has 0 radical (unpaired) electrons. The predicted molar refractivity (Wildman–Crippen MR) is 52.6 cm³/mol. The Morgan fingerprint density at radius 3 is 2.87 bits per heavy atom. The minimum Gasteiger partial charge on any atom is -0.481 e. The highest BCUT2D eigenvalue weighted by atomic mass is 16.5. The standard InChI is InChI=1S/C9H15N3O3/c1-3-8-7(6-9(13)14)10-11-12(8)4-5-15-2/h3-6H2,1-2H3,(H,13,14). The maximum Gasteiger partial charge on any atom is 0.309 e. The lowest BCUT2D eigenvalue weighted by molar-refractivity contribution is -0.136. The molecule has 0 amide bonds. The Kier molecular flexibility index (Phi) is 4.23. The van der Waals surface area contributed by atoms with Gasteiger partial charge in [-0.25, -0.2) is 4.68 Å². The molecule has 1 N–H and O–H groups in total. The van der Waals surface area contributed by atoms with Crippen LogP contribution in [0.4, 0.5) is 0 Å². The van der Waals surface area contributed by atoms with Gasteiger partial charge in [0.1, 0.15) is 0 Å². The average Bonchev–Trinajstić information content (AvgIpc) is 2.56. The van der Waals surface area contributed by atoms with Crippen LogP contribution >= 0.6 is 0 Å². The zero-order valence-corrected chi connectivity index (χ0v) is 8.93. The van der Waals surface area contributed by atoms with Crippen LogP contribution in [0.15, 0.2) is 0 Å². The van der Waals surface area contributed by atoms with Crippen LogP contribution in [0.1, 0.15) is 18.3 Å². The van der Waals surface area contributed by atoms with Crippen LogP contribution in [0.3, 0.4) is 0 Å². The normalized spacial score (nSPS) is 10.5. The third-order valence-corrected chi connectivity index (χ3v) is 2.08. The minimum atomic E-state index is -0.886. The molecule has 1 aromatic rings. The second kappa shape index (κ2) is 5.45. The van der Waals surface area contributed by atoms with Crippen LogP contribution in [0.2, 0.25) is 0 Å². The molecule has 1 heterocycles. The summed E-state index contributed by atoms with van der Waals surface area (Å²) >= 11 is 0. The highest BCUT2D eigenvalue weighted by Gasteiger charge is 2.13. The molecule has 15 heavy (non-hydrogen) atoms. The summed E-state index contributed by atoms with van der Waals surface area (Å²) in [6.45, 7) is 3.10. The molecule has 0 unspecified atom stereocenters. The number of hydrogen-bond donors (Lipinski definition) is 1. The molecule has 0 aliphatic heterocycles. The Morgan fingerprint density at radius 1 is 1.60 bits per heavy atom. The van der Waals surface area contributed by atoms with Gasteiger partial charge in [0.25, 0.3) is 0 Å². The van der Waals surface area contributed by atoms with Crippen molar-refractivity contribution >= 4 is 5.97 Å². The van der Waals surface area contributed by atoms with Gasteiger partial charge < -0.3 is 9.84 Å². The second-order valence-electron chi connectivity index (χ2n) is 3.12. The Balaban J connectivity index is 2.80. The summed E-state index contributed by atoms with van der Waals surface area (Å²) in [5.41, 5.74) is 1.41. The monoisotopic (exact) mass is 213 g/mol. The number of carboxylic acid groups (broad SMARTS) is 1. The van der Waals surface area contributed by atoms with Crippen molar-refractivity contribution in [2.75, 3.05) is 13.7 Å². The van der Waals surface area contributed by atoms with Gasteiger partial charge in [0.15, 0.2) is 0 Å². The summed E-state index contributed by atoms with van der Waals surface area (Å²) in [7, 11) is 1.61. The molecule has 0 fully saturated rings. The van der Waals surface area contributed by atoms with Gasteiger partial charge in [-0.1, -0.05) is 12.1 Å².